The SMILES string of the molecule is CC.CCCNC(=O)c1cc(-c2c[nH]c3ccc(CC)cc23)nc2cc(C)ccc12. The zero-order valence-corrected chi connectivity index (χ0v) is 18.6. The van der Waals surface area contributed by atoms with Crippen LogP contribution >= 0.6 is 0 Å². The number of aromatic amines is 1. The molecule has 4 nitrogen and oxygen atoms in total. The van der Waals surface area contributed by atoms with Crippen molar-refractivity contribution in [2.24, 2.45) is 0 Å². The first-order valence-electron chi connectivity index (χ1n) is 10.9. The summed E-state index contributed by atoms with van der Waals surface area (Å²) < 4.78 is 0. The summed E-state index contributed by atoms with van der Waals surface area (Å²) in [4.78, 5) is 21.1. The van der Waals surface area contributed by atoms with Crippen LogP contribution in [-0.4, -0.2) is 22.4 Å². The van der Waals surface area contributed by atoms with Crippen LogP contribution in [0.3, 0.4) is 0 Å². The van der Waals surface area contributed by atoms with Crippen molar-refractivity contribution in [3.05, 3.63) is 65.4 Å². The van der Waals surface area contributed by atoms with Crippen molar-refractivity contribution in [3.63, 3.8) is 0 Å². The number of carbonyl (C=O) groups is 1. The lowest BCUT2D eigenvalue weighted by Gasteiger charge is -2.11. The van der Waals surface area contributed by atoms with Crippen molar-refractivity contribution >= 4 is 27.7 Å². The third kappa shape index (κ3) is 4.23. The molecule has 0 bridgehead atoms. The molecule has 0 radical (unpaired) electrons. The van der Waals surface area contributed by atoms with E-state index in [0.29, 0.717) is 12.1 Å². The molecule has 0 aliphatic heterocycles. The fraction of sp³-hybridized carbons (Fsp3) is 0.308. The molecule has 4 rings (SSSR count). The van der Waals surface area contributed by atoms with E-state index in [4.69, 9.17) is 4.98 Å². The van der Waals surface area contributed by atoms with Crippen LogP contribution in [0.25, 0.3) is 33.1 Å². The summed E-state index contributed by atoms with van der Waals surface area (Å²) in [5.74, 6) is -0.0477. The number of amides is 1. The first-order valence-corrected chi connectivity index (χ1v) is 10.9. The highest BCUT2D eigenvalue weighted by molar-refractivity contribution is 6.08. The summed E-state index contributed by atoms with van der Waals surface area (Å²) in [6, 6.07) is 14.4. The van der Waals surface area contributed by atoms with Gasteiger partial charge in [-0.25, -0.2) is 4.98 Å². The Morgan fingerprint density at radius 2 is 1.83 bits per heavy atom. The van der Waals surface area contributed by atoms with Crippen LogP contribution in [0.1, 0.15) is 55.6 Å². The van der Waals surface area contributed by atoms with E-state index in [0.717, 1.165) is 51.5 Å². The number of hydrogen-bond acceptors (Lipinski definition) is 2. The largest absolute Gasteiger partial charge is 0.360 e. The molecule has 1 amide bonds. The number of H-pyrrole nitrogens is 1. The number of nitrogens with zero attached hydrogens (tertiary/aromatic N) is 1. The number of carbonyl (C=O) groups excluding carboxylic acids is 1. The Hall–Kier alpha value is -3.14. The van der Waals surface area contributed by atoms with Crippen LogP contribution in [-0.2, 0) is 6.42 Å². The van der Waals surface area contributed by atoms with Gasteiger partial charge < -0.3 is 10.3 Å². The van der Waals surface area contributed by atoms with Gasteiger partial charge in [0.25, 0.3) is 5.91 Å². The maximum atomic E-state index is 12.8. The number of nitrogens with one attached hydrogen (secondary N) is 2. The van der Waals surface area contributed by atoms with Crippen LogP contribution in [0.2, 0.25) is 0 Å². The lowest BCUT2D eigenvalue weighted by Crippen LogP contribution is -2.24. The fourth-order valence-corrected chi connectivity index (χ4v) is 3.60. The summed E-state index contributed by atoms with van der Waals surface area (Å²) in [5, 5.41) is 5.03. The monoisotopic (exact) mass is 401 g/mol. The molecule has 0 fully saturated rings. The molecule has 2 heterocycles. The Labute approximate surface area is 178 Å². The van der Waals surface area contributed by atoms with Crippen LogP contribution in [0.15, 0.2) is 48.7 Å². The first-order chi connectivity index (χ1) is 14.6. The Balaban J connectivity index is 0.00000124. The predicted molar refractivity (Wildman–Crippen MR) is 127 cm³/mol. The third-order valence-corrected chi connectivity index (χ3v) is 5.18. The molecule has 156 valence electrons. The normalized spacial score (nSPS) is 10.7. The van der Waals surface area contributed by atoms with Gasteiger partial charge >= 0.3 is 0 Å². The number of hydrogen-bond donors (Lipinski definition) is 2. The van der Waals surface area contributed by atoms with Gasteiger partial charge in [-0.2, -0.15) is 0 Å². The van der Waals surface area contributed by atoms with E-state index >= 15 is 0 Å². The minimum atomic E-state index is -0.0477. The summed E-state index contributed by atoms with van der Waals surface area (Å²) in [6.45, 7) is 10.9. The van der Waals surface area contributed by atoms with E-state index in [1.807, 2.05) is 51.2 Å². The molecule has 0 atom stereocenters. The molecular weight excluding hydrogens is 370 g/mol. The summed E-state index contributed by atoms with van der Waals surface area (Å²) in [7, 11) is 0. The molecule has 2 N–H and O–H groups in total. The molecule has 2 aromatic heterocycles. The van der Waals surface area contributed by atoms with Crippen molar-refractivity contribution in [3.8, 4) is 11.3 Å². The number of aromatic nitrogens is 2. The lowest BCUT2D eigenvalue weighted by atomic mass is 10.0. The highest BCUT2D eigenvalue weighted by Gasteiger charge is 2.16. The van der Waals surface area contributed by atoms with Crippen LogP contribution < -0.4 is 5.32 Å². The van der Waals surface area contributed by atoms with Crippen LogP contribution in [0.4, 0.5) is 0 Å². The highest BCUT2D eigenvalue weighted by atomic mass is 16.1. The third-order valence-electron chi connectivity index (χ3n) is 5.18. The van der Waals surface area contributed by atoms with Gasteiger partial charge in [0.2, 0.25) is 0 Å². The average Bonchev–Trinajstić information content (AvgIpc) is 3.20. The van der Waals surface area contributed by atoms with E-state index in [2.05, 4.69) is 42.3 Å². The minimum absolute atomic E-state index is 0.0477. The second kappa shape index (κ2) is 9.57. The molecular formula is C26H31N3O. The second-order valence-electron chi connectivity index (χ2n) is 7.27. The number of benzene rings is 2. The lowest BCUT2D eigenvalue weighted by molar-refractivity contribution is 0.0955. The average molecular weight is 402 g/mol. The van der Waals surface area contributed by atoms with E-state index in [9.17, 15) is 4.79 Å². The zero-order chi connectivity index (χ0) is 21.7. The van der Waals surface area contributed by atoms with E-state index < -0.39 is 0 Å². The van der Waals surface area contributed by atoms with Gasteiger partial charge in [0.05, 0.1) is 16.8 Å². The Kier molecular flexibility index (Phi) is 6.88. The standard InChI is InChI=1S/C24H25N3O.C2H6/c1-4-10-25-24(28)19-13-23(27-22-11-15(3)6-8-17(19)22)20-14-26-21-9-7-16(5-2)12-18(20)21;1-2/h6-9,11-14,26H,4-5,10H2,1-3H3,(H,25,28);1-2H3. The van der Waals surface area contributed by atoms with Gasteiger partial charge in [-0.05, 0) is 55.2 Å². The zero-order valence-electron chi connectivity index (χ0n) is 18.6. The molecule has 0 aliphatic rings. The predicted octanol–water partition coefficient (Wildman–Crippen LogP) is 6.42. The van der Waals surface area contributed by atoms with Crippen LogP contribution in [0, 0.1) is 6.92 Å². The van der Waals surface area contributed by atoms with Crippen molar-refractivity contribution in [1.29, 1.82) is 0 Å². The van der Waals surface area contributed by atoms with Crippen LogP contribution in [0.5, 0.6) is 0 Å². The van der Waals surface area contributed by atoms with Gasteiger partial charge in [0, 0.05) is 34.6 Å². The smallest absolute Gasteiger partial charge is 0.252 e. The van der Waals surface area contributed by atoms with Crippen molar-refractivity contribution < 1.29 is 4.79 Å². The number of fused-ring (bicyclic) bond motifs is 2. The Bertz CT molecular complexity index is 1170. The summed E-state index contributed by atoms with van der Waals surface area (Å²) in [6.07, 6.45) is 3.88. The number of pyridine rings is 1. The summed E-state index contributed by atoms with van der Waals surface area (Å²) in [5.41, 5.74) is 6.86. The van der Waals surface area contributed by atoms with Crippen molar-refractivity contribution in [1.82, 2.24) is 15.3 Å². The highest BCUT2D eigenvalue weighted by Crippen LogP contribution is 2.31. The molecule has 30 heavy (non-hydrogen) atoms. The molecule has 0 unspecified atom stereocenters. The molecule has 2 aromatic carbocycles. The van der Waals surface area contributed by atoms with Crippen molar-refractivity contribution in [2.45, 2.75) is 47.5 Å². The van der Waals surface area contributed by atoms with E-state index in [1.54, 1.807) is 0 Å². The van der Waals surface area contributed by atoms with E-state index in [-0.39, 0.29) is 5.91 Å². The van der Waals surface area contributed by atoms with Gasteiger partial charge in [0.1, 0.15) is 0 Å². The van der Waals surface area contributed by atoms with Gasteiger partial charge in [-0.15, -0.1) is 0 Å². The molecule has 0 spiro atoms. The Morgan fingerprint density at radius 1 is 1.03 bits per heavy atom. The molecule has 0 saturated heterocycles. The quantitative estimate of drug-likeness (QED) is 0.405. The van der Waals surface area contributed by atoms with Gasteiger partial charge in [0.15, 0.2) is 0 Å². The summed E-state index contributed by atoms with van der Waals surface area (Å²) >= 11 is 0. The molecule has 0 aliphatic carbocycles. The van der Waals surface area contributed by atoms with E-state index in [1.165, 1.54) is 5.56 Å². The fourth-order valence-electron chi connectivity index (χ4n) is 3.60. The number of rotatable bonds is 5. The maximum absolute atomic E-state index is 12.8. The van der Waals surface area contributed by atoms with Crippen molar-refractivity contribution in [2.75, 3.05) is 6.54 Å². The molecule has 4 heteroatoms. The second-order valence-corrected chi connectivity index (χ2v) is 7.27. The topological polar surface area (TPSA) is 57.8 Å². The Morgan fingerprint density at radius 3 is 2.57 bits per heavy atom. The maximum Gasteiger partial charge on any atom is 0.252 e. The molecule has 4 aromatic rings. The van der Waals surface area contributed by atoms with Gasteiger partial charge in [-0.1, -0.05) is 45.9 Å². The molecule has 0 saturated carbocycles. The first kappa shape index (κ1) is 21.6. The number of aryl methyl sites for hydroxylation is 2. The minimum Gasteiger partial charge on any atom is -0.360 e. The van der Waals surface area contributed by atoms with Gasteiger partial charge in [-0.3, -0.25) is 4.79 Å².